The molecule has 4 rings (SSSR count). The number of rotatable bonds is 5. The van der Waals surface area contributed by atoms with E-state index in [0.29, 0.717) is 5.88 Å². The number of anilines is 1. The zero-order valence-corrected chi connectivity index (χ0v) is 16.0. The van der Waals surface area contributed by atoms with Gasteiger partial charge in [-0.25, -0.2) is 4.98 Å². The summed E-state index contributed by atoms with van der Waals surface area (Å²) >= 11 is 11.0. The Kier molecular flexibility index (Phi) is 4.54. The molecule has 1 N–H and O–H groups in total. The Balaban J connectivity index is 1.71. The number of H-pyrrole nitrogens is 1. The highest BCUT2D eigenvalue weighted by Crippen LogP contribution is 2.36. The Morgan fingerprint density at radius 2 is 2.21 bits per heavy atom. The maximum Gasteiger partial charge on any atom is 0.139 e. The molecule has 0 saturated heterocycles. The normalized spacial score (nSPS) is 11.2. The number of alkyl halides is 1. The number of para-hydroxylation sites is 1. The summed E-state index contributed by atoms with van der Waals surface area (Å²) in [6.45, 7) is 0. The fraction of sp³-hybridized carbons (Fsp3) is 0.118. The lowest BCUT2D eigenvalue weighted by Gasteiger charge is -2.17. The van der Waals surface area contributed by atoms with Crippen LogP contribution < -0.4 is 4.31 Å². The van der Waals surface area contributed by atoms with Crippen LogP contribution in [0.25, 0.3) is 21.6 Å². The zero-order chi connectivity index (χ0) is 16.5. The number of hydrogen-bond donors (Lipinski definition) is 1. The van der Waals surface area contributed by atoms with E-state index in [0.717, 1.165) is 26.8 Å². The van der Waals surface area contributed by atoms with Crippen LogP contribution in [0, 0.1) is 0 Å². The van der Waals surface area contributed by atoms with Crippen LogP contribution in [0.1, 0.15) is 4.88 Å². The zero-order valence-electron chi connectivity index (χ0n) is 12.8. The fourth-order valence-electron chi connectivity index (χ4n) is 2.51. The van der Waals surface area contributed by atoms with Crippen LogP contribution in [-0.2, 0) is 5.88 Å². The number of halogens is 1. The van der Waals surface area contributed by atoms with Crippen LogP contribution in [0.5, 0.6) is 0 Å². The smallest absolute Gasteiger partial charge is 0.139 e. The van der Waals surface area contributed by atoms with Gasteiger partial charge in [-0.2, -0.15) is 0 Å². The number of nitrogens with zero attached hydrogens (tertiary/aromatic N) is 2. The number of aromatic nitrogens is 2. The van der Waals surface area contributed by atoms with Crippen LogP contribution in [-0.4, -0.2) is 17.0 Å². The average Bonchev–Trinajstić information content (AvgIpc) is 3.33. The van der Waals surface area contributed by atoms with Crippen molar-refractivity contribution in [3.8, 4) is 10.7 Å². The van der Waals surface area contributed by atoms with Gasteiger partial charge in [0.15, 0.2) is 0 Å². The van der Waals surface area contributed by atoms with Crippen LogP contribution in [0.15, 0.2) is 52.2 Å². The number of nitrogens with one attached hydrogen (secondary N) is 1. The van der Waals surface area contributed by atoms with Crippen molar-refractivity contribution in [3.05, 3.63) is 52.9 Å². The van der Waals surface area contributed by atoms with E-state index >= 15 is 0 Å². The summed E-state index contributed by atoms with van der Waals surface area (Å²) in [6, 6.07) is 12.7. The highest BCUT2D eigenvalue weighted by atomic mass is 35.5. The first-order valence-corrected chi connectivity index (χ1v) is 10.3. The molecule has 0 unspecified atom stereocenters. The summed E-state index contributed by atoms with van der Waals surface area (Å²) in [7, 11) is 2.09. The molecule has 1 aromatic carbocycles. The molecule has 24 heavy (non-hydrogen) atoms. The van der Waals surface area contributed by atoms with Crippen LogP contribution in [0.3, 0.4) is 0 Å². The third-order valence-electron chi connectivity index (χ3n) is 3.61. The molecule has 3 aromatic heterocycles. The molecular formula is C17H14ClN3S3. The first-order valence-electron chi connectivity index (χ1n) is 7.32. The Morgan fingerprint density at radius 1 is 1.29 bits per heavy atom. The SMILES string of the molecule is CN(Sc1cccs1)c1cccc2cc(-c3ncc(CCl)s3)[nH]c12. The number of aromatic amines is 1. The Labute approximate surface area is 157 Å². The first kappa shape index (κ1) is 16.0. The molecule has 0 bridgehead atoms. The molecule has 0 aliphatic rings. The van der Waals surface area contributed by atoms with Crippen molar-refractivity contribution in [1.82, 2.24) is 9.97 Å². The van der Waals surface area contributed by atoms with Gasteiger partial charge in [-0.3, -0.25) is 0 Å². The molecule has 4 aromatic rings. The molecule has 0 aliphatic heterocycles. The lowest BCUT2D eigenvalue weighted by atomic mass is 10.2. The van der Waals surface area contributed by atoms with E-state index in [-0.39, 0.29) is 0 Å². The van der Waals surface area contributed by atoms with Gasteiger partial charge in [-0.15, -0.1) is 34.3 Å². The molecule has 3 nitrogen and oxygen atoms in total. The lowest BCUT2D eigenvalue weighted by molar-refractivity contribution is 1.32. The molecule has 0 atom stereocenters. The van der Waals surface area contributed by atoms with E-state index in [1.54, 1.807) is 34.6 Å². The molecule has 3 heterocycles. The summed E-state index contributed by atoms with van der Waals surface area (Å²) in [4.78, 5) is 9.08. The van der Waals surface area contributed by atoms with Crippen molar-refractivity contribution in [2.75, 3.05) is 11.4 Å². The number of fused-ring (bicyclic) bond motifs is 1. The summed E-state index contributed by atoms with van der Waals surface area (Å²) in [5.41, 5.74) is 3.32. The van der Waals surface area contributed by atoms with Gasteiger partial charge in [0, 0.05) is 23.5 Å². The van der Waals surface area contributed by atoms with Crippen LogP contribution in [0.2, 0.25) is 0 Å². The van der Waals surface area contributed by atoms with Crippen LogP contribution >= 0.6 is 46.2 Å². The second-order valence-corrected chi connectivity index (χ2v) is 8.97. The van der Waals surface area contributed by atoms with E-state index < -0.39 is 0 Å². The van der Waals surface area contributed by atoms with Gasteiger partial charge in [0.25, 0.3) is 0 Å². The maximum absolute atomic E-state index is 5.89. The van der Waals surface area contributed by atoms with E-state index in [9.17, 15) is 0 Å². The minimum Gasteiger partial charge on any atom is -0.351 e. The monoisotopic (exact) mass is 391 g/mol. The molecule has 0 spiro atoms. The summed E-state index contributed by atoms with van der Waals surface area (Å²) < 4.78 is 3.47. The molecule has 7 heteroatoms. The Hall–Kier alpha value is -1.47. The Morgan fingerprint density at radius 3 is 2.96 bits per heavy atom. The van der Waals surface area contributed by atoms with Gasteiger partial charge in [0.2, 0.25) is 0 Å². The minimum atomic E-state index is 0.503. The quantitative estimate of drug-likeness (QED) is 0.323. The molecule has 0 saturated carbocycles. The van der Waals surface area contributed by atoms with Crippen molar-refractivity contribution in [1.29, 1.82) is 0 Å². The lowest BCUT2D eigenvalue weighted by Crippen LogP contribution is -2.05. The van der Waals surface area contributed by atoms with Crippen molar-refractivity contribution >= 4 is 62.8 Å². The largest absolute Gasteiger partial charge is 0.351 e. The topological polar surface area (TPSA) is 31.9 Å². The number of thiophene rings is 1. The van der Waals surface area contributed by atoms with Gasteiger partial charge in [-0.05, 0) is 35.5 Å². The van der Waals surface area contributed by atoms with Gasteiger partial charge in [-0.1, -0.05) is 18.2 Å². The van der Waals surface area contributed by atoms with E-state index in [1.807, 2.05) is 6.20 Å². The predicted octanol–water partition coefficient (Wildman–Crippen LogP) is 6.24. The molecular weight excluding hydrogens is 378 g/mol. The van der Waals surface area contributed by atoms with Crippen molar-refractivity contribution < 1.29 is 0 Å². The van der Waals surface area contributed by atoms with Gasteiger partial charge in [0.05, 0.1) is 27.0 Å². The van der Waals surface area contributed by atoms with E-state index in [1.165, 1.54) is 9.60 Å². The summed E-state index contributed by atoms with van der Waals surface area (Å²) in [5, 5.41) is 4.26. The number of hydrogen-bond acceptors (Lipinski definition) is 5. The minimum absolute atomic E-state index is 0.503. The van der Waals surface area contributed by atoms with E-state index in [2.05, 4.69) is 63.1 Å². The summed E-state index contributed by atoms with van der Waals surface area (Å²) in [5.74, 6) is 0.503. The fourth-order valence-corrected chi connectivity index (χ4v) is 5.26. The summed E-state index contributed by atoms with van der Waals surface area (Å²) in [6.07, 6.45) is 1.85. The molecule has 0 fully saturated rings. The highest BCUT2D eigenvalue weighted by molar-refractivity contribution is 8.02. The first-order chi connectivity index (χ1) is 11.7. The van der Waals surface area contributed by atoms with Crippen LogP contribution in [0.4, 0.5) is 5.69 Å². The second-order valence-electron chi connectivity index (χ2n) is 5.21. The van der Waals surface area contributed by atoms with Crippen molar-refractivity contribution in [2.24, 2.45) is 0 Å². The molecule has 0 radical (unpaired) electrons. The van der Waals surface area contributed by atoms with Gasteiger partial charge in [0.1, 0.15) is 5.01 Å². The second kappa shape index (κ2) is 6.80. The van der Waals surface area contributed by atoms with Crippen molar-refractivity contribution in [3.63, 3.8) is 0 Å². The van der Waals surface area contributed by atoms with E-state index in [4.69, 9.17) is 11.6 Å². The molecule has 0 amide bonds. The third-order valence-corrected chi connectivity index (χ3v) is 7.05. The average molecular weight is 392 g/mol. The predicted molar refractivity (Wildman–Crippen MR) is 108 cm³/mol. The van der Waals surface area contributed by atoms with Crippen molar-refractivity contribution in [2.45, 2.75) is 10.1 Å². The van der Waals surface area contributed by atoms with Gasteiger partial charge >= 0.3 is 0 Å². The highest BCUT2D eigenvalue weighted by Gasteiger charge is 2.13. The molecule has 0 aliphatic carbocycles. The number of thiazole rings is 1. The third kappa shape index (κ3) is 3.07. The van der Waals surface area contributed by atoms with Gasteiger partial charge < -0.3 is 9.29 Å². The maximum atomic E-state index is 5.89. The number of benzene rings is 1. The molecule has 122 valence electrons. The Bertz CT molecular complexity index is 959. The standard InChI is InChI=1S/C17H14ClN3S3/c1-21(24-15-6-3-7-22-15)14-5-2-4-11-8-13(20-16(11)14)17-19-10-12(9-18)23-17/h2-8,10,20H,9H2,1H3.